The summed E-state index contributed by atoms with van der Waals surface area (Å²) in [7, 11) is 0. The Bertz CT molecular complexity index is 648. The van der Waals surface area contributed by atoms with E-state index < -0.39 is 0 Å². The maximum Gasteiger partial charge on any atom is 0.270 e. The number of aromatic nitrogens is 1. The number of rotatable bonds is 3. The van der Waals surface area contributed by atoms with Gasteiger partial charge in [0.2, 0.25) is 0 Å². The largest absolute Gasteiger partial charge is 0.272 e. The van der Waals surface area contributed by atoms with E-state index in [2.05, 4.69) is 10.4 Å². The van der Waals surface area contributed by atoms with Crippen LogP contribution in [0, 0.1) is 0 Å². The molecule has 0 radical (unpaired) electrons. The number of nitrogens with zero attached hydrogens (tertiary/aromatic N) is 2. The van der Waals surface area contributed by atoms with Crippen LogP contribution in [0.2, 0.25) is 0 Å². The molecule has 1 atom stereocenters. The molecular weight excluding hydrogens is 286 g/mol. The molecule has 1 unspecified atom stereocenters. The van der Waals surface area contributed by atoms with Crippen LogP contribution in [0.25, 0.3) is 0 Å². The highest BCUT2D eigenvalue weighted by Crippen LogP contribution is 2.37. The van der Waals surface area contributed by atoms with Gasteiger partial charge in [-0.25, -0.2) is 5.01 Å². The maximum atomic E-state index is 12.2. The standard InChI is InChI=1S/C15H13N3O2S/c19-13-10-21-15(12-4-2-1-3-5-12)18(13)17-14(20)11-6-8-16-9-7-11/h1-9,15H,10H2,(H,17,20). The topological polar surface area (TPSA) is 62.3 Å². The lowest BCUT2D eigenvalue weighted by Crippen LogP contribution is -2.44. The zero-order valence-electron chi connectivity index (χ0n) is 11.1. The van der Waals surface area contributed by atoms with E-state index in [0.717, 1.165) is 5.56 Å². The Balaban J connectivity index is 1.79. The summed E-state index contributed by atoms with van der Waals surface area (Å²) in [5.74, 6) is -0.0543. The van der Waals surface area contributed by atoms with Gasteiger partial charge in [0.25, 0.3) is 11.8 Å². The summed E-state index contributed by atoms with van der Waals surface area (Å²) in [5.41, 5.74) is 4.15. The van der Waals surface area contributed by atoms with Crippen molar-refractivity contribution in [3.8, 4) is 0 Å². The molecule has 1 fully saturated rings. The molecular formula is C15H13N3O2S. The van der Waals surface area contributed by atoms with Gasteiger partial charge in [-0.1, -0.05) is 30.3 Å². The van der Waals surface area contributed by atoms with E-state index in [9.17, 15) is 9.59 Å². The van der Waals surface area contributed by atoms with Gasteiger partial charge in [0.05, 0.1) is 5.75 Å². The SMILES string of the molecule is O=C(NN1C(=O)CSC1c1ccccc1)c1ccncc1. The molecule has 3 rings (SSSR count). The average molecular weight is 299 g/mol. The van der Waals surface area contributed by atoms with Crippen LogP contribution in [0.5, 0.6) is 0 Å². The summed E-state index contributed by atoms with van der Waals surface area (Å²) in [6.45, 7) is 0. The molecule has 1 N–H and O–H groups in total. The highest BCUT2D eigenvalue weighted by molar-refractivity contribution is 8.00. The molecule has 21 heavy (non-hydrogen) atoms. The number of benzene rings is 1. The summed E-state index contributed by atoms with van der Waals surface area (Å²) in [6, 6.07) is 12.9. The van der Waals surface area contributed by atoms with E-state index in [4.69, 9.17) is 0 Å². The molecule has 0 bridgehead atoms. The fraction of sp³-hybridized carbons (Fsp3) is 0.133. The maximum absolute atomic E-state index is 12.2. The van der Waals surface area contributed by atoms with E-state index in [1.165, 1.54) is 16.8 Å². The minimum absolute atomic E-state index is 0.101. The van der Waals surface area contributed by atoms with Gasteiger partial charge in [0.1, 0.15) is 5.37 Å². The van der Waals surface area contributed by atoms with Gasteiger partial charge >= 0.3 is 0 Å². The first kappa shape index (κ1) is 13.6. The van der Waals surface area contributed by atoms with E-state index >= 15 is 0 Å². The molecule has 1 aliphatic heterocycles. The third-order valence-corrected chi connectivity index (χ3v) is 4.33. The summed E-state index contributed by atoms with van der Waals surface area (Å²) < 4.78 is 0. The summed E-state index contributed by atoms with van der Waals surface area (Å²) in [6.07, 6.45) is 3.09. The average Bonchev–Trinajstić information content (AvgIpc) is 2.90. The van der Waals surface area contributed by atoms with Crippen LogP contribution in [-0.2, 0) is 4.79 Å². The minimum Gasteiger partial charge on any atom is -0.272 e. The number of carbonyl (C=O) groups excluding carboxylic acids is 2. The first-order valence-corrected chi connectivity index (χ1v) is 7.50. The molecule has 0 saturated carbocycles. The number of pyridine rings is 1. The van der Waals surface area contributed by atoms with Crippen LogP contribution in [0.15, 0.2) is 54.9 Å². The Morgan fingerprint density at radius 2 is 1.90 bits per heavy atom. The number of nitrogens with one attached hydrogen (secondary N) is 1. The Kier molecular flexibility index (Phi) is 3.87. The lowest BCUT2D eigenvalue weighted by molar-refractivity contribution is -0.130. The second kappa shape index (κ2) is 5.97. The number of thioether (sulfide) groups is 1. The highest BCUT2D eigenvalue weighted by Gasteiger charge is 2.34. The van der Waals surface area contributed by atoms with Gasteiger partial charge in [-0.2, -0.15) is 0 Å². The predicted octanol–water partition coefficient (Wildman–Crippen LogP) is 2.00. The molecule has 106 valence electrons. The molecule has 6 heteroatoms. The van der Waals surface area contributed by atoms with Gasteiger partial charge in [-0.15, -0.1) is 11.8 Å². The third kappa shape index (κ3) is 2.90. The molecule has 2 aromatic rings. The van der Waals surface area contributed by atoms with E-state index in [-0.39, 0.29) is 17.2 Å². The number of hydrogen-bond acceptors (Lipinski definition) is 4. The van der Waals surface area contributed by atoms with Crippen molar-refractivity contribution in [3.05, 3.63) is 66.0 Å². The number of amides is 2. The Morgan fingerprint density at radius 3 is 2.62 bits per heavy atom. The molecule has 0 spiro atoms. The molecule has 1 aromatic heterocycles. The van der Waals surface area contributed by atoms with Crippen LogP contribution in [0.3, 0.4) is 0 Å². The molecule has 1 aromatic carbocycles. The third-order valence-electron chi connectivity index (χ3n) is 3.12. The lowest BCUT2D eigenvalue weighted by Gasteiger charge is -2.24. The summed E-state index contributed by atoms with van der Waals surface area (Å²) >= 11 is 1.50. The van der Waals surface area contributed by atoms with Crippen molar-refractivity contribution in [1.29, 1.82) is 0 Å². The van der Waals surface area contributed by atoms with Crippen LogP contribution in [0.1, 0.15) is 21.3 Å². The van der Waals surface area contributed by atoms with Crippen LogP contribution in [0.4, 0.5) is 0 Å². The van der Waals surface area contributed by atoms with Crippen molar-refractivity contribution in [1.82, 2.24) is 15.4 Å². The van der Waals surface area contributed by atoms with Crippen LogP contribution >= 0.6 is 11.8 Å². The van der Waals surface area contributed by atoms with Crippen molar-refractivity contribution in [2.75, 3.05) is 5.75 Å². The summed E-state index contributed by atoms with van der Waals surface area (Å²) in [5, 5.41) is 1.22. The van der Waals surface area contributed by atoms with Crippen molar-refractivity contribution >= 4 is 23.6 Å². The predicted molar refractivity (Wildman–Crippen MR) is 80.2 cm³/mol. The Hall–Kier alpha value is -2.34. The van der Waals surface area contributed by atoms with Crippen LogP contribution < -0.4 is 5.43 Å². The fourth-order valence-electron chi connectivity index (χ4n) is 2.09. The number of hydrazine groups is 1. The first-order chi connectivity index (χ1) is 10.3. The van der Waals surface area contributed by atoms with Gasteiger partial charge < -0.3 is 0 Å². The highest BCUT2D eigenvalue weighted by atomic mass is 32.2. The van der Waals surface area contributed by atoms with Crippen molar-refractivity contribution in [2.45, 2.75) is 5.37 Å². The second-order valence-corrected chi connectivity index (χ2v) is 5.58. The monoisotopic (exact) mass is 299 g/mol. The molecule has 1 saturated heterocycles. The van der Waals surface area contributed by atoms with E-state index in [1.54, 1.807) is 24.5 Å². The second-order valence-electron chi connectivity index (χ2n) is 4.51. The normalized spacial score (nSPS) is 17.8. The molecule has 2 heterocycles. The minimum atomic E-state index is -0.311. The molecule has 0 aliphatic carbocycles. The molecule has 1 aliphatic rings. The Labute approximate surface area is 126 Å². The zero-order valence-corrected chi connectivity index (χ0v) is 11.9. The quantitative estimate of drug-likeness (QED) is 0.941. The Morgan fingerprint density at radius 1 is 1.19 bits per heavy atom. The van der Waals surface area contributed by atoms with Gasteiger partial charge in [0, 0.05) is 18.0 Å². The van der Waals surface area contributed by atoms with E-state index in [1.807, 2.05) is 30.3 Å². The zero-order chi connectivity index (χ0) is 14.7. The smallest absolute Gasteiger partial charge is 0.270 e. The number of hydrogen-bond donors (Lipinski definition) is 1. The van der Waals surface area contributed by atoms with Gasteiger partial charge in [-0.3, -0.25) is 20.0 Å². The number of carbonyl (C=O) groups is 2. The summed E-state index contributed by atoms with van der Waals surface area (Å²) in [4.78, 5) is 28.1. The lowest BCUT2D eigenvalue weighted by atomic mass is 10.2. The van der Waals surface area contributed by atoms with Crippen molar-refractivity contribution in [3.63, 3.8) is 0 Å². The molecule has 5 nitrogen and oxygen atoms in total. The first-order valence-electron chi connectivity index (χ1n) is 6.45. The van der Waals surface area contributed by atoms with Crippen molar-refractivity contribution in [2.24, 2.45) is 0 Å². The molecule has 2 amide bonds. The van der Waals surface area contributed by atoms with Gasteiger partial charge in [0.15, 0.2) is 0 Å². The fourth-order valence-corrected chi connectivity index (χ4v) is 3.19. The van der Waals surface area contributed by atoms with Crippen molar-refractivity contribution < 1.29 is 9.59 Å². The van der Waals surface area contributed by atoms with Crippen LogP contribution in [-0.4, -0.2) is 27.6 Å². The van der Waals surface area contributed by atoms with E-state index in [0.29, 0.717) is 11.3 Å². The van der Waals surface area contributed by atoms with Gasteiger partial charge in [-0.05, 0) is 17.7 Å².